The highest BCUT2D eigenvalue weighted by Gasteiger charge is 2.34. The van der Waals surface area contributed by atoms with Crippen molar-refractivity contribution in [1.82, 2.24) is 15.2 Å². The minimum absolute atomic E-state index is 0.0303. The number of amides is 1. The monoisotopic (exact) mass is 349 g/mol. The number of rotatable bonds is 4. The summed E-state index contributed by atoms with van der Waals surface area (Å²) in [5, 5.41) is 4.97. The van der Waals surface area contributed by atoms with Crippen LogP contribution in [0.25, 0.3) is 0 Å². The van der Waals surface area contributed by atoms with Crippen molar-refractivity contribution in [1.29, 1.82) is 0 Å². The van der Waals surface area contributed by atoms with Crippen molar-refractivity contribution in [2.45, 2.75) is 57.8 Å². The van der Waals surface area contributed by atoms with E-state index in [-0.39, 0.29) is 5.41 Å². The molecule has 0 spiro atoms. The second kappa shape index (κ2) is 6.76. The van der Waals surface area contributed by atoms with Crippen LogP contribution in [0.5, 0.6) is 0 Å². The average Bonchev–Trinajstić information content (AvgIpc) is 3.04. The summed E-state index contributed by atoms with van der Waals surface area (Å²) in [7, 11) is 0. The van der Waals surface area contributed by atoms with Crippen LogP contribution in [0.4, 0.5) is 13.2 Å². The summed E-state index contributed by atoms with van der Waals surface area (Å²) in [6.45, 7) is 6.17. The Morgan fingerprint density at radius 2 is 2.13 bits per heavy atom. The second-order valence-electron chi connectivity index (χ2n) is 6.86. The molecule has 2 rings (SSSR count). The number of alkyl halides is 3. The Labute approximate surface area is 138 Å². The van der Waals surface area contributed by atoms with Crippen LogP contribution in [0.3, 0.4) is 0 Å². The molecule has 0 saturated carbocycles. The minimum atomic E-state index is -4.38. The molecule has 0 bridgehead atoms. The largest absolute Gasteiger partial charge is 0.405 e. The van der Waals surface area contributed by atoms with Crippen LogP contribution >= 0.6 is 11.3 Å². The van der Waals surface area contributed by atoms with Crippen LogP contribution in [0, 0.1) is 0 Å². The maximum Gasteiger partial charge on any atom is 0.405 e. The first kappa shape index (κ1) is 18.2. The molecular formula is C15H22F3N3OS. The third-order valence-electron chi connectivity index (χ3n) is 3.69. The van der Waals surface area contributed by atoms with Crippen LogP contribution in [0.15, 0.2) is 5.38 Å². The van der Waals surface area contributed by atoms with E-state index in [4.69, 9.17) is 0 Å². The molecule has 1 aromatic heterocycles. The zero-order valence-corrected chi connectivity index (χ0v) is 14.4. The standard InChI is InChI=1S/C15H22F3N3OS/c1-14(2,3)13-20-10(8-23-13)7-21-6-4-5-11(21)12(22)19-9-15(16,17)18/h8,11H,4-7,9H2,1-3H3,(H,19,22). The molecule has 2 heterocycles. The van der Waals surface area contributed by atoms with E-state index in [0.717, 1.165) is 17.1 Å². The van der Waals surface area contributed by atoms with Gasteiger partial charge in [-0.3, -0.25) is 9.69 Å². The van der Waals surface area contributed by atoms with Gasteiger partial charge < -0.3 is 5.32 Å². The average molecular weight is 349 g/mol. The number of likely N-dealkylation sites (tertiary alicyclic amines) is 1. The number of carbonyl (C=O) groups excluding carboxylic acids is 1. The van der Waals surface area contributed by atoms with Gasteiger partial charge in [-0.15, -0.1) is 11.3 Å². The molecule has 23 heavy (non-hydrogen) atoms. The number of nitrogens with one attached hydrogen (secondary N) is 1. The van der Waals surface area contributed by atoms with Gasteiger partial charge in [0.2, 0.25) is 5.91 Å². The first-order chi connectivity index (χ1) is 10.6. The summed E-state index contributed by atoms with van der Waals surface area (Å²) in [6, 6.07) is -0.503. The van der Waals surface area contributed by atoms with E-state index in [1.165, 1.54) is 0 Å². The van der Waals surface area contributed by atoms with E-state index in [0.29, 0.717) is 19.5 Å². The zero-order chi connectivity index (χ0) is 17.3. The Kier molecular flexibility index (Phi) is 5.35. The third kappa shape index (κ3) is 5.17. The van der Waals surface area contributed by atoms with Crippen LogP contribution < -0.4 is 5.32 Å². The van der Waals surface area contributed by atoms with Crippen molar-refractivity contribution in [3.05, 3.63) is 16.1 Å². The van der Waals surface area contributed by atoms with Crippen molar-refractivity contribution < 1.29 is 18.0 Å². The first-order valence-corrected chi connectivity index (χ1v) is 8.47. The molecule has 8 heteroatoms. The predicted molar refractivity (Wildman–Crippen MR) is 83.3 cm³/mol. The molecule has 4 nitrogen and oxygen atoms in total. The molecule has 1 unspecified atom stereocenters. The van der Waals surface area contributed by atoms with Gasteiger partial charge in [0.1, 0.15) is 6.54 Å². The summed E-state index contributed by atoms with van der Waals surface area (Å²) >= 11 is 1.58. The van der Waals surface area contributed by atoms with Crippen molar-refractivity contribution in [2.24, 2.45) is 0 Å². The molecule has 1 saturated heterocycles. The molecule has 130 valence electrons. The molecule has 1 aromatic rings. The summed E-state index contributed by atoms with van der Waals surface area (Å²) < 4.78 is 36.7. The topological polar surface area (TPSA) is 45.2 Å². The lowest BCUT2D eigenvalue weighted by molar-refractivity contribution is -0.141. The van der Waals surface area contributed by atoms with Crippen LogP contribution in [-0.2, 0) is 16.8 Å². The Bertz CT molecular complexity index is 551. The van der Waals surface area contributed by atoms with Gasteiger partial charge in [0, 0.05) is 17.3 Å². The number of thiazole rings is 1. The van der Waals surface area contributed by atoms with Gasteiger partial charge in [-0.25, -0.2) is 4.98 Å². The van der Waals surface area contributed by atoms with Gasteiger partial charge in [-0.05, 0) is 19.4 Å². The Balaban J connectivity index is 1.96. The first-order valence-electron chi connectivity index (χ1n) is 7.60. The van der Waals surface area contributed by atoms with Gasteiger partial charge in [-0.2, -0.15) is 13.2 Å². The van der Waals surface area contributed by atoms with E-state index in [1.54, 1.807) is 11.3 Å². The maximum atomic E-state index is 12.2. The molecule has 1 amide bonds. The van der Waals surface area contributed by atoms with Gasteiger partial charge in [0.05, 0.1) is 16.7 Å². The molecule has 0 radical (unpaired) electrons. The Morgan fingerprint density at radius 1 is 1.43 bits per heavy atom. The van der Waals surface area contributed by atoms with Gasteiger partial charge >= 0.3 is 6.18 Å². The van der Waals surface area contributed by atoms with Gasteiger partial charge in [-0.1, -0.05) is 20.8 Å². The number of carbonyl (C=O) groups is 1. The fourth-order valence-corrected chi connectivity index (χ4v) is 3.45. The molecule has 1 fully saturated rings. The summed E-state index contributed by atoms with van der Waals surface area (Å²) in [6.07, 6.45) is -2.99. The highest BCUT2D eigenvalue weighted by molar-refractivity contribution is 7.09. The minimum Gasteiger partial charge on any atom is -0.346 e. The van der Waals surface area contributed by atoms with E-state index < -0.39 is 24.7 Å². The quantitative estimate of drug-likeness (QED) is 0.909. The molecule has 1 aliphatic heterocycles. The third-order valence-corrected chi connectivity index (χ3v) is 5.00. The fraction of sp³-hybridized carbons (Fsp3) is 0.733. The second-order valence-corrected chi connectivity index (χ2v) is 7.71. The molecule has 1 aliphatic rings. The lowest BCUT2D eigenvalue weighted by Crippen LogP contribution is -2.45. The van der Waals surface area contributed by atoms with Crippen LogP contribution in [0.1, 0.15) is 44.3 Å². The highest BCUT2D eigenvalue weighted by Crippen LogP contribution is 2.27. The highest BCUT2D eigenvalue weighted by atomic mass is 32.1. The Hall–Kier alpha value is -1.15. The normalized spacial score (nSPS) is 20.0. The number of nitrogens with zero attached hydrogens (tertiary/aromatic N) is 2. The fourth-order valence-electron chi connectivity index (χ4n) is 2.55. The van der Waals surface area contributed by atoms with Crippen molar-refractivity contribution in [3.8, 4) is 0 Å². The number of hydrogen-bond donors (Lipinski definition) is 1. The lowest BCUT2D eigenvalue weighted by atomic mass is 9.98. The van der Waals surface area contributed by atoms with Crippen molar-refractivity contribution in [3.63, 3.8) is 0 Å². The molecule has 1 N–H and O–H groups in total. The number of aromatic nitrogens is 1. The van der Waals surface area contributed by atoms with E-state index >= 15 is 0 Å². The predicted octanol–water partition coefficient (Wildman–Crippen LogP) is 3.08. The molecule has 0 aliphatic carbocycles. The van der Waals surface area contributed by atoms with Crippen molar-refractivity contribution >= 4 is 17.2 Å². The number of hydrogen-bond acceptors (Lipinski definition) is 4. The SMILES string of the molecule is CC(C)(C)c1nc(CN2CCCC2C(=O)NCC(F)(F)F)cs1. The Morgan fingerprint density at radius 3 is 2.70 bits per heavy atom. The lowest BCUT2D eigenvalue weighted by Gasteiger charge is -2.23. The maximum absolute atomic E-state index is 12.2. The summed E-state index contributed by atoms with van der Waals surface area (Å²) in [4.78, 5) is 18.5. The zero-order valence-electron chi connectivity index (χ0n) is 13.5. The van der Waals surface area contributed by atoms with Crippen LogP contribution in [0.2, 0.25) is 0 Å². The van der Waals surface area contributed by atoms with E-state index in [2.05, 4.69) is 25.8 Å². The van der Waals surface area contributed by atoms with Gasteiger partial charge in [0.15, 0.2) is 0 Å². The molecule has 1 atom stereocenters. The van der Waals surface area contributed by atoms with E-state index in [1.807, 2.05) is 15.6 Å². The smallest absolute Gasteiger partial charge is 0.346 e. The van der Waals surface area contributed by atoms with Crippen LogP contribution in [-0.4, -0.2) is 41.1 Å². The van der Waals surface area contributed by atoms with E-state index in [9.17, 15) is 18.0 Å². The molecular weight excluding hydrogens is 327 g/mol. The summed E-state index contributed by atoms with van der Waals surface area (Å²) in [5.41, 5.74) is 0.840. The number of halogens is 3. The van der Waals surface area contributed by atoms with Crippen molar-refractivity contribution in [2.75, 3.05) is 13.1 Å². The summed E-state index contributed by atoms with van der Waals surface area (Å²) in [5.74, 6) is -0.550. The van der Waals surface area contributed by atoms with Gasteiger partial charge in [0.25, 0.3) is 0 Å². The molecule has 0 aromatic carbocycles.